The van der Waals surface area contributed by atoms with E-state index >= 15 is 0 Å². The van der Waals surface area contributed by atoms with Crippen molar-refractivity contribution in [2.45, 2.75) is 39.3 Å². The van der Waals surface area contributed by atoms with Gasteiger partial charge < -0.3 is 10.1 Å². The second-order valence-electron chi connectivity index (χ2n) is 7.58. The number of amides is 1. The summed E-state index contributed by atoms with van der Waals surface area (Å²) in [4.78, 5) is 17.2. The lowest BCUT2D eigenvalue weighted by atomic mass is 10.0. The Bertz CT molecular complexity index is 859. The maximum absolute atomic E-state index is 12.8. The van der Waals surface area contributed by atoms with Gasteiger partial charge in [0.05, 0.1) is 4.88 Å². The van der Waals surface area contributed by atoms with E-state index < -0.39 is 0 Å². The van der Waals surface area contributed by atoms with Gasteiger partial charge in [-0.2, -0.15) is 0 Å². The number of hydrogen-bond acceptors (Lipinski definition) is 4. The molecule has 4 nitrogen and oxygen atoms in total. The average Bonchev–Trinajstić information content (AvgIpc) is 3.12. The van der Waals surface area contributed by atoms with Crippen molar-refractivity contribution in [2.24, 2.45) is 0 Å². The third-order valence-corrected chi connectivity index (χ3v) is 6.44. The zero-order valence-corrected chi connectivity index (χ0v) is 16.8. The van der Waals surface area contributed by atoms with Gasteiger partial charge in [0, 0.05) is 41.7 Å². The van der Waals surface area contributed by atoms with Gasteiger partial charge >= 0.3 is 0 Å². The molecule has 142 valence electrons. The lowest BCUT2D eigenvalue weighted by Gasteiger charge is -2.31. The monoisotopic (exact) mass is 382 g/mol. The lowest BCUT2D eigenvalue weighted by Crippen LogP contribution is -2.44. The largest absolute Gasteiger partial charge is 0.488 e. The van der Waals surface area contributed by atoms with E-state index in [1.165, 1.54) is 10.5 Å². The second kappa shape index (κ2) is 7.87. The van der Waals surface area contributed by atoms with Crippen molar-refractivity contribution in [3.05, 3.63) is 52.4 Å². The number of fused-ring (bicyclic) bond motifs is 3. The van der Waals surface area contributed by atoms with Gasteiger partial charge in [0.25, 0.3) is 5.91 Å². The molecular formula is C22H26N2O2S. The summed E-state index contributed by atoms with van der Waals surface area (Å²) in [7, 11) is 0. The minimum atomic E-state index is 0.0506. The van der Waals surface area contributed by atoms with Crippen LogP contribution in [0.2, 0.25) is 0 Å². The fourth-order valence-corrected chi connectivity index (χ4v) is 4.74. The molecule has 0 bridgehead atoms. The molecular weight excluding hydrogens is 356 g/mol. The Hall–Kier alpha value is -2.11. The van der Waals surface area contributed by atoms with Crippen molar-refractivity contribution in [1.82, 2.24) is 10.2 Å². The first-order chi connectivity index (χ1) is 13.1. The summed E-state index contributed by atoms with van der Waals surface area (Å²) in [6.07, 6.45) is 4.30. The van der Waals surface area contributed by atoms with Gasteiger partial charge in [-0.05, 0) is 44.9 Å². The molecule has 1 amide bonds. The Morgan fingerprint density at radius 3 is 2.85 bits per heavy atom. The Balaban J connectivity index is 1.38. The van der Waals surface area contributed by atoms with E-state index in [-0.39, 0.29) is 11.9 Å². The molecule has 1 aromatic carbocycles. The molecule has 27 heavy (non-hydrogen) atoms. The first kappa shape index (κ1) is 18.3. The van der Waals surface area contributed by atoms with Crippen molar-refractivity contribution in [3.63, 3.8) is 0 Å². The van der Waals surface area contributed by atoms with E-state index in [4.69, 9.17) is 4.74 Å². The minimum absolute atomic E-state index is 0.0506. The van der Waals surface area contributed by atoms with E-state index in [0.717, 1.165) is 54.2 Å². The minimum Gasteiger partial charge on any atom is -0.488 e. The number of likely N-dealkylation sites (tertiary alicyclic amines) is 1. The third-order valence-electron chi connectivity index (χ3n) is 5.23. The van der Waals surface area contributed by atoms with Gasteiger partial charge in [-0.1, -0.05) is 23.8 Å². The molecule has 1 saturated heterocycles. The topological polar surface area (TPSA) is 41.6 Å². The molecule has 0 spiro atoms. The van der Waals surface area contributed by atoms with Crippen molar-refractivity contribution in [2.75, 3.05) is 19.6 Å². The molecule has 0 atom stereocenters. The number of piperidine rings is 1. The summed E-state index contributed by atoms with van der Waals surface area (Å²) in [6, 6.07) is 10.3. The van der Waals surface area contributed by atoms with Gasteiger partial charge in [0.1, 0.15) is 12.4 Å². The first-order valence-corrected chi connectivity index (χ1v) is 10.4. The average molecular weight is 383 g/mol. The fraction of sp³-hybridized carbons (Fsp3) is 0.409. The van der Waals surface area contributed by atoms with Crippen LogP contribution in [0.1, 0.15) is 41.9 Å². The van der Waals surface area contributed by atoms with Crippen LogP contribution < -0.4 is 10.1 Å². The maximum Gasteiger partial charge on any atom is 0.261 e. The number of nitrogens with one attached hydrogen (secondary N) is 1. The van der Waals surface area contributed by atoms with Gasteiger partial charge in [-0.25, -0.2) is 0 Å². The number of thiophene rings is 1. The van der Waals surface area contributed by atoms with E-state index in [1.807, 2.05) is 24.3 Å². The van der Waals surface area contributed by atoms with Crippen LogP contribution in [0.25, 0.3) is 10.4 Å². The van der Waals surface area contributed by atoms with Crippen LogP contribution in [0.5, 0.6) is 5.75 Å². The lowest BCUT2D eigenvalue weighted by molar-refractivity contribution is 0.0918. The highest BCUT2D eigenvalue weighted by Gasteiger charge is 2.25. The maximum atomic E-state index is 12.8. The predicted octanol–water partition coefficient (Wildman–Crippen LogP) is 4.47. The Labute approximate surface area is 164 Å². The van der Waals surface area contributed by atoms with Crippen LogP contribution in [-0.4, -0.2) is 36.5 Å². The van der Waals surface area contributed by atoms with Crippen molar-refractivity contribution < 1.29 is 9.53 Å². The number of ether oxygens (including phenoxy) is 1. The Morgan fingerprint density at radius 2 is 2.07 bits per heavy atom. The number of carbonyl (C=O) groups is 1. The summed E-state index contributed by atoms with van der Waals surface area (Å²) in [6.45, 7) is 7.90. The molecule has 2 aromatic rings. The van der Waals surface area contributed by atoms with Crippen molar-refractivity contribution in [1.29, 1.82) is 0 Å². The van der Waals surface area contributed by atoms with Crippen LogP contribution in [0.15, 0.2) is 42.0 Å². The fourth-order valence-electron chi connectivity index (χ4n) is 3.64. The highest BCUT2D eigenvalue weighted by atomic mass is 32.1. The molecule has 2 aliphatic rings. The molecule has 4 rings (SSSR count). The number of para-hydroxylation sites is 1. The number of benzene rings is 1. The highest BCUT2D eigenvalue weighted by molar-refractivity contribution is 7.17. The van der Waals surface area contributed by atoms with E-state index in [0.29, 0.717) is 6.61 Å². The summed E-state index contributed by atoms with van der Waals surface area (Å²) >= 11 is 1.58. The molecule has 1 aromatic heterocycles. The van der Waals surface area contributed by atoms with E-state index in [2.05, 4.69) is 36.2 Å². The normalized spacial score (nSPS) is 16.8. The summed E-state index contributed by atoms with van der Waals surface area (Å²) in [5.74, 6) is 0.956. The number of nitrogens with zero attached hydrogens (tertiary/aromatic N) is 1. The quantitative estimate of drug-likeness (QED) is 0.794. The Morgan fingerprint density at radius 1 is 1.30 bits per heavy atom. The molecule has 0 unspecified atom stereocenters. The molecule has 5 heteroatoms. The number of carbonyl (C=O) groups excluding carboxylic acids is 1. The predicted molar refractivity (Wildman–Crippen MR) is 110 cm³/mol. The van der Waals surface area contributed by atoms with Crippen LogP contribution >= 0.6 is 11.3 Å². The van der Waals surface area contributed by atoms with Crippen molar-refractivity contribution >= 4 is 17.2 Å². The standard InChI is InChI=1S/C22H26N2O2S/c1-15(2)7-10-24-11-8-17(9-12-24)23-22(25)20-13-16-14-26-19-6-4-3-5-18(19)21(16)27-20/h3-7,13,17H,8-12,14H2,1-2H3,(H,23,25). The van der Waals surface area contributed by atoms with Gasteiger partial charge in [0.2, 0.25) is 0 Å². The first-order valence-electron chi connectivity index (χ1n) is 9.61. The molecule has 3 heterocycles. The smallest absolute Gasteiger partial charge is 0.261 e. The molecule has 0 radical (unpaired) electrons. The van der Waals surface area contributed by atoms with Gasteiger partial charge in [-0.3, -0.25) is 9.69 Å². The van der Waals surface area contributed by atoms with E-state index in [1.54, 1.807) is 11.3 Å². The number of rotatable bonds is 4. The molecule has 1 fully saturated rings. The van der Waals surface area contributed by atoms with Crippen LogP contribution in [0.3, 0.4) is 0 Å². The van der Waals surface area contributed by atoms with Gasteiger partial charge in [0.15, 0.2) is 0 Å². The highest BCUT2D eigenvalue weighted by Crippen LogP contribution is 2.42. The van der Waals surface area contributed by atoms with E-state index in [9.17, 15) is 4.79 Å². The van der Waals surface area contributed by atoms with Crippen molar-refractivity contribution in [3.8, 4) is 16.2 Å². The molecule has 0 aliphatic carbocycles. The zero-order valence-electron chi connectivity index (χ0n) is 16.0. The van der Waals surface area contributed by atoms with Gasteiger partial charge in [-0.15, -0.1) is 11.3 Å². The summed E-state index contributed by atoms with van der Waals surface area (Å²) in [5.41, 5.74) is 3.56. The summed E-state index contributed by atoms with van der Waals surface area (Å²) < 4.78 is 5.81. The number of hydrogen-bond donors (Lipinski definition) is 1. The molecule has 0 saturated carbocycles. The summed E-state index contributed by atoms with van der Waals surface area (Å²) in [5, 5.41) is 3.24. The zero-order chi connectivity index (χ0) is 18.8. The van der Waals surface area contributed by atoms with Crippen LogP contribution in [-0.2, 0) is 6.61 Å². The SMILES string of the molecule is CC(C)=CCN1CCC(NC(=O)c2cc3c(s2)-c2ccccc2OC3)CC1. The van der Waals surface area contributed by atoms with Crippen LogP contribution in [0, 0.1) is 0 Å². The Kier molecular flexibility index (Phi) is 5.32. The third kappa shape index (κ3) is 4.09. The second-order valence-corrected chi connectivity index (χ2v) is 8.63. The molecule has 2 aliphatic heterocycles. The number of allylic oxidation sites excluding steroid dienone is 1. The van der Waals surface area contributed by atoms with Crippen LogP contribution in [0.4, 0.5) is 0 Å². The molecule has 1 N–H and O–H groups in total.